The van der Waals surface area contributed by atoms with E-state index in [0.29, 0.717) is 16.9 Å². The molecule has 3 fully saturated rings. The summed E-state index contributed by atoms with van der Waals surface area (Å²) in [6.45, 7) is 6.81. The molecule has 1 unspecified atom stereocenters. The molecule has 2 saturated heterocycles. The Morgan fingerprint density at radius 2 is 1.91 bits per heavy atom. The molecule has 0 bridgehead atoms. The third kappa shape index (κ3) is 5.63. The zero-order valence-electron chi connectivity index (χ0n) is 19.6. The van der Waals surface area contributed by atoms with Gasteiger partial charge in [0.25, 0.3) is 0 Å². The third-order valence-electron chi connectivity index (χ3n) is 8.46. The van der Waals surface area contributed by atoms with Crippen molar-refractivity contribution >= 4 is 34.5 Å². The number of hydrogen-bond acceptors (Lipinski definition) is 4. The molecular weight excluding hydrogens is 471 g/mol. The van der Waals surface area contributed by atoms with Gasteiger partial charge in [0.1, 0.15) is 0 Å². The summed E-state index contributed by atoms with van der Waals surface area (Å²) in [6, 6.07) is 8.23. The molecule has 0 amide bonds. The molecular formula is C27H36Cl2N2OS. The van der Waals surface area contributed by atoms with Crippen molar-refractivity contribution in [3.05, 3.63) is 56.2 Å². The van der Waals surface area contributed by atoms with Crippen molar-refractivity contribution in [3.8, 4) is 0 Å². The Labute approximate surface area is 213 Å². The topological polar surface area (TPSA) is 15.7 Å². The van der Waals surface area contributed by atoms with E-state index in [9.17, 15) is 0 Å². The van der Waals surface area contributed by atoms with E-state index in [1.165, 1.54) is 69.3 Å². The van der Waals surface area contributed by atoms with Crippen LogP contribution in [0, 0.1) is 11.8 Å². The van der Waals surface area contributed by atoms with E-state index in [4.69, 9.17) is 27.9 Å². The summed E-state index contributed by atoms with van der Waals surface area (Å²) in [5.74, 6) is 2.10. The van der Waals surface area contributed by atoms with Crippen molar-refractivity contribution in [1.82, 2.24) is 9.80 Å². The van der Waals surface area contributed by atoms with Crippen LogP contribution >= 0.6 is 34.5 Å². The minimum absolute atomic E-state index is 0.214. The van der Waals surface area contributed by atoms with E-state index in [1.807, 2.05) is 30.6 Å². The van der Waals surface area contributed by atoms with E-state index in [-0.39, 0.29) is 5.60 Å². The molecule has 1 saturated carbocycles. The summed E-state index contributed by atoms with van der Waals surface area (Å²) in [7, 11) is 1.92. The molecule has 3 heterocycles. The fourth-order valence-corrected chi connectivity index (χ4v) is 7.52. The monoisotopic (exact) mass is 506 g/mol. The van der Waals surface area contributed by atoms with Gasteiger partial charge < -0.3 is 9.64 Å². The summed E-state index contributed by atoms with van der Waals surface area (Å²) >= 11 is 14.4. The van der Waals surface area contributed by atoms with Crippen LogP contribution in [0.25, 0.3) is 0 Å². The zero-order chi connectivity index (χ0) is 22.8. The molecule has 1 aromatic carbocycles. The number of rotatable bonds is 8. The van der Waals surface area contributed by atoms with Gasteiger partial charge in [0.15, 0.2) is 0 Å². The first kappa shape index (κ1) is 24.1. The predicted molar refractivity (Wildman–Crippen MR) is 140 cm³/mol. The molecule has 2 aliphatic heterocycles. The fraction of sp³-hybridized carbons (Fsp3) is 0.630. The minimum Gasteiger partial charge on any atom is -0.378 e. The molecule has 33 heavy (non-hydrogen) atoms. The number of ether oxygens (including phenoxy) is 1. The van der Waals surface area contributed by atoms with E-state index in [2.05, 4.69) is 32.7 Å². The van der Waals surface area contributed by atoms with E-state index in [1.54, 1.807) is 0 Å². The highest BCUT2D eigenvalue weighted by molar-refractivity contribution is 7.08. The Kier molecular flexibility index (Phi) is 7.71. The summed E-state index contributed by atoms with van der Waals surface area (Å²) in [6.07, 6.45) is 7.79. The predicted octanol–water partition coefficient (Wildman–Crippen LogP) is 6.94. The van der Waals surface area contributed by atoms with Gasteiger partial charge in [-0.1, -0.05) is 29.3 Å². The average Bonchev–Trinajstić information content (AvgIpc) is 3.44. The highest BCUT2D eigenvalue weighted by atomic mass is 35.5. The molecule has 3 nitrogen and oxygen atoms in total. The lowest BCUT2D eigenvalue weighted by Gasteiger charge is -2.44. The smallest absolute Gasteiger partial charge is 0.0681 e. The number of hydrogen-bond donors (Lipinski definition) is 0. The Morgan fingerprint density at radius 1 is 1.09 bits per heavy atom. The average molecular weight is 508 g/mol. The molecule has 5 rings (SSSR count). The highest BCUT2D eigenvalue weighted by Crippen LogP contribution is 2.43. The molecule has 0 N–H and O–H groups in total. The molecule has 3 aliphatic rings. The van der Waals surface area contributed by atoms with E-state index >= 15 is 0 Å². The van der Waals surface area contributed by atoms with Crippen LogP contribution in [0.2, 0.25) is 10.0 Å². The zero-order valence-corrected chi connectivity index (χ0v) is 22.0. The lowest BCUT2D eigenvalue weighted by molar-refractivity contribution is -0.0919. The molecule has 0 spiro atoms. The molecule has 0 radical (unpaired) electrons. The summed E-state index contributed by atoms with van der Waals surface area (Å²) < 4.78 is 5.91. The number of thiophene rings is 1. The minimum atomic E-state index is 0.214. The first-order valence-corrected chi connectivity index (χ1v) is 14.2. The Hall–Kier alpha value is -0.620. The maximum Gasteiger partial charge on any atom is 0.0681 e. The summed E-state index contributed by atoms with van der Waals surface area (Å²) in [5.41, 5.74) is 2.90. The maximum atomic E-state index is 6.49. The number of halogens is 2. The Balaban J connectivity index is 1.19. The van der Waals surface area contributed by atoms with Gasteiger partial charge in [-0.25, -0.2) is 0 Å². The van der Waals surface area contributed by atoms with Crippen molar-refractivity contribution in [3.63, 3.8) is 0 Å². The molecule has 180 valence electrons. The van der Waals surface area contributed by atoms with Crippen molar-refractivity contribution in [2.24, 2.45) is 11.8 Å². The standard InChI is InChI=1S/C27H36Cl2N2OS/c1-32-27(8-2-9-27)14-20-5-10-30(11-6-20)16-23-17-31(18-25(23)22-7-12-33-19-22)15-21-3-4-24(28)13-26(21)29/h3-4,7,12-13,19-20,23,25H,2,5-6,8-11,14-18H2,1H3/t23?,25-/m1/s1. The fourth-order valence-electron chi connectivity index (χ4n) is 6.32. The van der Waals surface area contributed by atoms with Gasteiger partial charge >= 0.3 is 0 Å². The molecule has 1 aromatic heterocycles. The van der Waals surface area contributed by atoms with E-state index < -0.39 is 0 Å². The van der Waals surface area contributed by atoms with Gasteiger partial charge in [0, 0.05) is 49.3 Å². The second-order valence-electron chi connectivity index (χ2n) is 10.5. The Bertz CT molecular complexity index is 903. The van der Waals surface area contributed by atoms with Crippen LogP contribution < -0.4 is 0 Å². The summed E-state index contributed by atoms with van der Waals surface area (Å²) in [5, 5.41) is 6.06. The van der Waals surface area contributed by atoms with Crippen molar-refractivity contribution in [2.45, 2.75) is 56.6 Å². The van der Waals surface area contributed by atoms with Crippen LogP contribution in [-0.4, -0.2) is 55.2 Å². The van der Waals surface area contributed by atoms with Crippen LogP contribution in [-0.2, 0) is 11.3 Å². The van der Waals surface area contributed by atoms with Gasteiger partial charge in [-0.3, -0.25) is 4.90 Å². The van der Waals surface area contributed by atoms with Gasteiger partial charge in [0.2, 0.25) is 0 Å². The molecule has 2 aromatic rings. The number of benzene rings is 1. The van der Waals surface area contributed by atoms with Gasteiger partial charge in [-0.05, 0) is 104 Å². The number of likely N-dealkylation sites (tertiary alicyclic amines) is 2. The van der Waals surface area contributed by atoms with Gasteiger partial charge in [-0.2, -0.15) is 11.3 Å². The lowest BCUT2D eigenvalue weighted by atomic mass is 9.72. The van der Waals surface area contributed by atoms with Crippen LogP contribution in [0.5, 0.6) is 0 Å². The largest absolute Gasteiger partial charge is 0.378 e. The number of methoxy groups -OCH3 is 1. The van der Waals surface area contributed by atoms with Crippen LogP contribution in [0.4, 0.5) is 0 Å². The number of piperidine rings is 1. The molecule has 2 atom stereocenters. The van der Waals surface area contributed by atoms with Crippen molar-refractivity contribution in [2.75, 3.05) is 39.8 Å². The highest BCUT2D eigenvalue weighted by Gasteiger charge is 2.40. The second kappa shape index (κ2) is 10.6. The van der Waals surface area contributed by atoms with Crippen LogP contribution in [0.15, 0.2) is 35.0 Å². The Morgan fingerprint density at radius 3 is 2.55 bits per heavy atom. The first-order chi connectivity index (χ1) is 16.0. The molecule has 6 heteroatoms. The summed E-state index contributed by atoms with van der Waals surface area (Å²) in [4.78, 5) is 5.33. The molecule has 1 aliphatic carbocycles. The maximum absolute atomic E-state index is 6.49. The normalized spacial score (nSPS) is 26.5. The van der Waals surface area contributed by atoms with Crippen LogP contribution in [0.1, 0.15) is 55.6 Å². The van der Waals surface area contributed by atoms with Crippen LogP contribution in [0.3, 0.4) is 0 Å². The number of nitrogens with zero attached hydrogens (tertiary/aromatic N) is 2. The third-order valence-corrected chi connectivity index (χ3v) is 9.74. The van der Waals surface area contributed by atoms with Gasteiger partial charge in [0.05, 0.1) is 5.60 Å². The quantitative estimate of drug-likeness (QED) is 0.385. The lowest BCUT2D eigenvalue weighted by Crippen LogP contribution is -2.44. The van der Waals surface area contributed by atoms with Gasteiger partial charge in [-0.15, -0.1) is 0 Å². The second-order valence-corrected chi connectivity index (χ2v) is 12.2. The first-order valence-electron chi connectivity index (χ1n) is 12.5. The van der Waals surface area contributed by atoms with Crippen molar-refractivity contribution in [1.29, 1.82) is 0 Å². The van der Waals surface area contributed by atoms with E-state index in [0.717, 1.165) is 30.6 Å². The SMILES string of the molecule is COC1(CC2CCN(CC3CN(Cc4ccc(Cl)cc4Cl)C[C@@H]3c3ccsc3)CC2)CCC1. The van der Waals surface area contributed by atoms with Crippen molar-refractivity contribution < 1.29 is 4.74 Å².